The Hall–Kier alpha value is 0.260. The molecule has 0 aliphatic carbocycles. The molecule has 0 bridgehead atoms. The van der Waals surface area contributed by atoms with Crippen LogP contribution in [0.5, 0.6) is 0 Å². The predicted molar refractivity (Wildman–Crippen MR) is 75.7 cm³/mol. The normalized spacial score (nSPS) is 11.1. The summed E-state index contributed by atoms with van der Waals surface area (Å²) in [6.45, 7) is 2.24. The van der Waals surface area contributed by atoms with Crippen molar-refractivity contribution in [1.82, 2.24) is 0 Å². The van der Waals surface area contributed by atoms with Gasteiger partial charge in [-0.3, -0.25) is 0 Å². The second-order valence-corrected chi connectivity index (χ2v) is 6.89. The molecule has 3 heteroatoms. The highest BCUT2D eigenvalue weighted by molar-refractivity contribution is 14.1. The van der Waals surface area contributed by atoms with Crippen LogP contribution in [-0.2, 0) is 6.42 Å². The van der Waals surface area contributed by atoms with Crippen LogP contribution in [0.25, 0.3) is 10.1 Å². The van der Waals surface area contributed by atoms with E-state index in [2.05, 4.69) is 54.0 Å². The number of thioether (sulfide) groups is 1. The minimum absolute atomic E-state index is 1.13. The molecule has 0 amide bonds. The summed E-state index contributed by atoms with van der Waals surface area (Å²) in [5, 5.41) is 1.45. The van der Waals surface area contributed by atoms with Gasteiger partial charge in [0, 0.05) is 9.60 Å². The average molecular weight is 334 g/mol. The first-order valence-corrected chi connectivity index (χ1v) is 7.63. The van der Waals surface area contributed by atoms with Crippen LogP contribution < -0.4 is 0 Å². The van der Waals surface area contributed by atoms with Crippen molar-refractivity contribution in [3.05, 3.63) is 26.6 Å². The maximum Gasteiger partial charge on any atom is 0.0666 e. The van der Waals surface area contributed by atoms with Gasteiger partial charge in [0.15, 0.2) is 0 Å². The fraction of sp³-hybridized carbons (Fsp3) is 0.273. The van der Waals surface area contributed by atoms with E-state index in [0.29, 0.717) is 0 Å². The zero-order chi connectivity index (χ0) is 10.1. The lowest BCUT2D eigenvalue weighted by atomic mass is 10.1. The number of thiophene rings is 1. The molecule has 74 valence electrons. The highest BCUT2D eigenvalue weighted by Gasteiger charge is 2.07. The fourth-order valence-electron chi connectivity index (χ4n) is 1.67. The minimum Gasteiger partial charge on any atom is -0.129 e. The van der Waals surface area contributed by atoms with E-state index in [1.165, 1.54) is 23.4 Å². The molecule has 2 rings (SSSR count). The van der Waals surface area contributed by atoms with Gasteiger partial charge in [-0.25, -0.2) is 0 Å². The molecule has 0 N–H and O–H groups in total. The summed E-state index contributed by atoms with van der Waals surface area (Å²) in [6.07, 6.45) is 3.28. The van der Waals surface area contributed by atoms with E-state index in [1.807, 2.05) is 23.1 Å². The summed E-state index contributed by atoms with van der Waals surface area (Å²) in [6, 6.07) is 6.80. The van der Waals surface area contributed by atoms with Crippen LogP contribution in [0.3, 0.4) is 0 Å². The van der Waals surface area contributed by atoms with Crippen molar-refractivity contribution < 1.29 is 0 Å². The predicted octanol–water partition coefficient (Wildman–Crippen LogP) is 4.79. The first-order valence-electron chi connectivity index (χ1n) is 4.51. The maximum absolute atomic E-state index is 2.40. The number of halogens is 1. The number of hydrogen-bond donors (Lipinski definition) is 0. The van der Waals surface area contributed by atoms with Crippen LogP contribution in [-0.4, -0.2) is 6.26 Å². The van der Waals surface area contributed by atoms with Gasteiger partial charge >= 0.3 is 0 Å². The van der Waals surface area contributed by atoms with Crippen LogP contribution in [0.4, 0.5) is 0 Å². The van der Waals surface area contributed by atoms with Gasteiger partial charge in [-0.05, 0) is 64.4 Å². The van der Waals surface area contributed by atoms with Crippen molar-refractivity contribution in [2.24, 2.45) is 0 Å². The molecule has 0 saturated heterocycles. The third kappa shape index (κ3) is 1.82. The molecule has 0 aliphatic rings. The molecule has 0 aliphatic heterocycles. The molecule has 0 saturated carbocycles. The molecule has 2 aromatic rings. The number of aryl methyl sites for hydroxylation is 1. The molecule has 0 radical (unpaired) electrons. The largest absolute Gasteiger partial charge is 0.129 e. The fourth-order valence-corrected chi connectivity index (χ4v) is 4.22. The summed E-state index contributed by atoms with van der Waals surface area (Å²) < 4.78 is 2.80. The molecule has 0 unspecified atom stereocenters. The van der Waals surface area contributed by atoms with Crippen molar-refractivity contribution in [1.29, 1.82) is 0 Å². The van der Waals surface area contributed by atoms with Crippen molar-refractivity contribution in [3.8, 4) is 0 Å². The van der Waals surface area contributed by atoms with E-state index in [0.717, 1.165) is 6.42 Å². The molecule has 1 aromatic heterocycles. The van der Waals surface area contributed by atoms with Crippen molar-refractivity contribution in [2.45, 2.75) is 18.2 Å². The van der Waals surface area contributed by atoms with Crippen LogP contribution >= 0.6 is 45.7 Å². The van der Waals surface area contributed by atoms with E-state index in [4.69, 9.17) is 0 Å². The summed E-state index contributed by atoms with van der Waals surface area (Å²) in [5.74, 6) is 0. The van der Waals surface area contributed by atoms with Gasteiger partial charge in [0.25, 0.3) is 0 Å². The Balaban J connectivity index is 2.75. The Bertz CT molecular complexity index is 460. The molecule has 1 heterocycles. The molecule has 0 spiro atoms. The van der Waals surface area contributed by atoms with Crippen LogP contribution in [0.2, 0.25) is 0 Å². The van der Waals surface area contributed by atoms with E-state index >= 15 is 0 Å². The summed E-state index contributed by atoms with van der Waals surface area (Å²) >= 11 is 6.13. The van der Waals surface area contributed by atoms with Gasteiger partial charge < -0.3 is 0 Å². The second kappa shape index (κ2) is 4.41. The Kier molecular flexibility index (Phi) is 3.39. The van der Waals surface area contributed by atoms with Gasteiger partial charge in [-0.2, -0.15) is 0 Å². The van der Waals surface area contributed by atoms with Crippen LogP contribution in [0.15, 0.2) is 23.1 Å². The maximum atomic E-state index is 2.40. The van der Waals surface area contributed by atoms with Gasteiger partial charge in [-0.1, -0.05) is 6.92 Å². The smallest absolute Gasteiger partial charge is 0.0666 e. The number of rotatable bonds is 2. The molecule has 1 aromatic carbocycles. The van der Waals surface area contributed by atoms with Crippen molar-refractivity contribution in [2.75, 3.05) is 6.26 Å². The Morgan fingerprint density at radius 3 is 2.86 bits per heavy atom. The SMILES string of the molecule is CCc1c(SC)ccc2sc(I)cc12. The summed E-state index contributed by atoms with van der Waals surface area (Å²) in [5.41, 5.74) is 1.51. The zero-order valence-corrected chi connectivity index (χ0v) is 11.9. The topological polar surface area (TPSA) is 0 Å². The quantitative estimate of drug-likeness (QED) is 0.562. The number of hydrogen-bond acceptors (Lipinski definition) is 2. The van der Waals surface area contributed by atoms with E-state index in [-0.39, 0.29) is 0 Å². The lowest BCUT2D eigenvalue weighted by Gasteiger charge is -2.05. The standard InChI is InChI=1S/C11H11IS2/c1-3-7-8-6-11(12)14-10(8)5-4-9(7)13-2/h4-6H,3H2,1-2H3. The molecule has 0 atom stereocenters. The Morgan fingerprint density at radius 1 is 1.43 bits per heavy atom. The lowest BCUT2D eigenvalue weighted by Crippen LogP contribution is -1.84. The first-order chi connectivity index (χ1) is 6.76. The first kappa shape index (κ1) is 10.8. The van der Waals surface area contributed by atoms with Crippen LogP contribution in [0, 0.1) is 2.88 Å². The van der Waals surface area contributed by atoms with Crippen molar-refractivity contribution >= 4 is 55.8 Å². The van der Waals surface area contributed by atoms with E-state index in [9.17, 15) is 0 Å². The van der Waals surface area contributed by atoms with Crippen LogP contribution in [0.1, 0.15) is 12.5 Å². The van der Waals surface area contributed by atoms with Gasteiger partial charge in [-0.15, -0.1) is 23.1 Å². The highest BCUT2D eigenvalue weighted by Crippen LogP contribution is 2.34. The second-order valence-electron chi connectivity index (χ2n) is 3.06. The Labute approximate surface area is 106 Å². The van der Waals surface area contributed by atoms with E-state index in [1.54, 1.807) is 0 Å². The van der Waals surface area contributed by atoms with Gasteiger partial charge in [0.2, 0.25) is 0 Å². The van der Waals surface area contributed by atoms with Gasteiger partial charge in [0.1, 0.15) is 0 Å². The highest BCUT2D eigenvalue weighted by atomic mass is 127. The summed E-state index contributed by atoms with van der Waals surface area (Å²) in [4.78, 5) is 1.43. The Morgan fingerprint density at radius 2 is 2.21 bits per heavy atom. The molecule has 0 fully saturated rings. The third-order valence-electron chi connectivity index (χ3n) is 2.31. The van der Waals surface area contributed by atoms with Crippen molar-refractivity contribution in [3.63, 3.8) is 0 Å². The third-order valence-corrected chi connectivity index (χ3v) is 5.00. The molecule has 14 heavy (non-hydrogen) atoms. The lowest BCUT2D eigenvalue weighted by molar-refractivity contribution is 1.11. The minimum atomic E-state index is 1.13. The molecule has 0 nitrogen and oxygen atoms in total. The summed E-state index contributed by atoms with van der Waals surface area (Å²) in [7, 11) is 0. The van der Waals surface area contributed by atoms with E-state index < -0.39 is 0 Å². The molecular weight excluding hydrogens is 323 g/mol. The number of benzene rings is 1. The molecular formula is C11H11IS2. The van der Waals surface area contributed by atoms with Gasteiger partial charge in [0.05, 0.1) is 2.88 Å². The number of fused-ring (bicyclic) bond motifs is 1. The zero-order valence-electron chi connectivity index (χ0n) is 8.13. The average Bonchev–Trinajstić information content (AvgIpc) is 2.56. The monoisotopic (exact) mass is 334 g/mol.